The van der Waals surface area contributed by atoms with Crippen molar-refractivity contribution in [3.8, 4) is 0 Å². The van der Waals surface area contributed by atoms with Crippen LogP contribution in [0.3, 0.4) is 0 Å². The summed E-state index contributed by atoms with van der Waals surface area (Å²) in [7, 11) is 0. The maximum Gasteiger partial charge on any atom is 0.334 e. The van der Waals surface area contributed by atoms with E-state index in [1.165, 1.54) is 4.90 Å². The first-order chi connectivity index (χ1) is 10.0. The summed E-state index contributed by atoms with van der Waals surface area (Å²) < 4.78 is 0. The van der Waals surface area contributed by atoms with E-state index in [0.717, 1.165) is 10.8 Å². The smallest absolute Gasteiger partial charge is 0.334 e. The first kappa shape index (κ1) is 15.0. The average Bonchev–Trinajstić information content (AvgIpc) is 2.51. The SMILES string of the molecule is CCCN(C=O)C(C)(C(=O)O)c1ccc2ccccc2c1. The van der Waals surface area contributed by atoms with Crippen molar-refractivity contribution in [2.24, 2.45) is 0 Å². The fourth-order valence-electron chi connectivity index (χ4n) is 2.53. The summed E-state index contributed by atoms with van der Waals surface area (Å²) in [5.41, 5.74) is -0.754. The van der Waals surface area contributed by atoms with Crippen LogP contribution >= 0.6 is 0 Å². The van der Waals surface area contributed by atoms with Crippen molar-refractivity contribution in [1.29, 1.82) is 0 Å². The predicted molar refractivity (Wildman–Crippen MR) is 82.0 cm³/mol. The molecule has 0 radical (unpaired) electrons. The molecule has 0 bridgehead atoms. The lowest BCUT2D eigenvalue weighted by molar-refractivity contribution is -0.154. The molecule has 1 N–H and O–H groups in total. The molecular formula is C17H19NO3. The fourth-order valence-corrected chi connectivity index (χ4v) is 2.53. The zero-order chi connectivity index (χ0) is 15.5. The number of benzene rings is 2. The van der Waals surface area contributed by atoms with Gasteiger partial charge in [-0.2, -0.15) is 0 Å². The summed E-state index contributed by atoms with van der Waals surface area (Å²) in [4.78, 5) is 24.5. The van der Waals surface area contributed by atoms with Gasteiger partial charge in [0.25, 0.3) is 0 Å². The minimum Gasteiger partial charge on any atom is -0.479 e. The number of hydrogen-bond donors (Lipinski definition) is 1. The van der Waals surface area contributed by atoms with Crippen molar-refractivity contribution in [1.82, 2.24) is 4.90 Å². The normalized spacial score (nSPS) is 13.6. The highest BCUT2D eigenvalue weighted by molar-refractivity contribution is 5.88. The molecule has 0 heterocycles. The number of rotatable bonds is 6. The predicted octanol–water partition coefficient (Wildman–Crippen LogP) is 3.01. The Bertz CT molecular complexity index is 668. The van der Waals surface area contributed by atoms with Crippen LogP contribution < -0.4 is 0 Å². The van der Waals surface area contributed by atoms with E-state index in [9.17, 15) is 14.7 Å². The van der Waals surface area contributed by atoms with Gasteiger partial charge in [-0.25, -0.2) is 4.79 Å². The summed E-state index contributed by atoms with van der Waals surface area (Å²) in [6.45, 7) is 3.89. The number of carbonyl (C=O) groups excluding carboxylic acids is 1. The van der Waals surface area contributed by atoms with E-state index in [4.69, 9.17) is 0 Å². The quantitative estimate of drug-likeness (QED) is 0.830. The summed E-state index contributed by atoms with van der Waals surface area (Å²) in [5.74, 6) is -1.03. The number of nitrogens with zero attached hydrogens (tertiary/aromatic N) is 1. The third-order valence-electron chi connectivity index (χ3n) is 3.89. The van der Waals surface area contributed by atoms with Gasteiger partial charge in [-0.1, -0.05) is 43.3 Å². The second kappa shape index (κ2) is 5.95. The lowest BCUT2D eigenvalue weighted by atomic mass is 9.88. The second-order valence-corrected chi connectivity index (χ2v) is 5.24. The molecule has 0 aliphatic rings. The third kappa shape index (κ3) is 2.61. The maximum absolute atomic E-state index is 11.8. The van der Waals surface area contributed by atoms with Crippen LogP contribution in [0.4, 0.5) is 0 Å². The lowest BCUT2D eigenvalue weighted by Crippen LogP contribution is -2.49. The Kier molecular flexibility index (Phi) is 4.26. The number of amides is 1. The van der Waals surface area contributed by atoms with Gasteiger partial charge in [0.05, 0.1) is 0 Å². The molecule has 4 nitrogen and oxygen atoms in total. The summed E-state index contributed by atoms with van der Waals surface area (Å²) >= 11 is 0. The van der Waals surface area contributed by atoms with Gasteiger partial charge in [-0.15, -0.1) is 0 Å². The van der Waals surface area contributed by atoms with Crippen LogP contribution in [-0.2, 0) is 15.1 Å². The Morgan fingerprint density at radius 1 is 1.24 bits per heavy atom. The van der Waals surface area contributed by atoms with Crippen molar-refractivity contribution >= 4 is 23.2 Å². The summed E-state index contributed by atoms with van der Waals surface area (Å²) in [5, 5.41) is 11.7. The first-order valence-electron chi connectivity index (χ1n) is 6.98. The van der Waals surface area contributed by atoms with E-state index in [1.54, 1.807) is 13.0 Å². The van der Waals surface area contributed by atoms with Gasteiger partial charge in [0, 0.05) is 6.54 Å². The second-order valence-electron chi connectivity index (χ2n) is 5.24. The van der Waals surface area contributed by atoms with Crippen LogP contribution in [0.15, 0.2) is 42.5 Å². The Balaban J connectivity index is 2.58. The molecule has 4 heteroatoms. The van der Waals surface area contributed by atoms with E-state index in [-0.39, 0.29) is 0 Å². The van der Waals surface area contributed by atoms with Crippen LogP contribution in [0.2, 0.25) is 0 Å². The molecule has 2 rings (SSSR count). The van der Waals surface area contributed by atoms with Crippen LogP contribution in [0.25, 0.3) is 10.8 Å². The van der Waals surface area contributed by atoms with E-state index in [2.05, 4.69) is 0 Å². The van der Waals surface area contributed by atoms with Crippen molar-refractivity contribution in [2.45, 2.75) is 25.8 Å². The molecule has 110 valence electrons. The van der Waals surface area contributed by atoms with Gasteiger partial charge in [0.15, 0.2) is 5.54 Å². The number of aliphatic carboxylic acids is 1. The van der Waals surface area contributed by atoms with Crippen molar-refractivity contribution in [3.05, 3.63) is 48.0 Å². The number of carboxylic acids is 1. The van der Waals surface area contributed by atoms with E-state index >= 15 is 0 Å². The Hall–Kier alpha value is -2.36. The molecule has 2 aromatic carbocycles. The molecule has 21 heavy (non-hydrogen) atoms. The fraction of sp³-hybridized carbons (Fsp3) is 0.294. The number of fused-ring (bicyclic) bond motifs is 1. The molecule has 1 amide bonds. The highest BCUT2D eigenvalue weighted by Gasteiger charge is 2.40. The molecule has 0 saturated carbocycles. The minimum atomic E-state index is -1.36. The van der Waals surface area contributed by atoms with E-state index < -0.39 is 11.5 Å². The van der Waals surface area contributed by atoms with Gasteiger partial charge < -0.3 is 10.0 Å². The zero-order valence-corrected chi connectivity index (χ0v) is 12.2. The van der Waals surface area contributed by atoms with Crippen molar-refractivity contribution < 1.29 is 14.7 Å². The Labute approximate surface area is 124 Å². The number of carbonyl (C=O) groups is 2. The molecule has 0 spiro atoms. The molecule has 0 saturated heterocycles. The van der Waals surface area contributed by atoms with Crippen LogP contribution in [0.5, 0.6) is 0 Å². The Morgan fingerprint density at radius 2 is 1.90 bits per heavy atom. The van der Waals surface area contributed by atoms with Crippen LogP contribution in [0.1, 0.15) is 25.8 Å². The van der Waals surface area contributed by atoms with Gasteiger partial charge in [-0.3, -0.25) is 4.79 Å². The van der Waals surface area contributed by atoms with Crippen molar-refractivity contribution in [2.75, 3.05) is 6.54 Å². The number of carboxylic acid groups (broad SMARTS) is 1. The molecule has 1 unspecified atom stereocenters. The lowest BCUT2D eigenvalue weighted by Gasteiger charge is -2.35. The summed E-state index contributed by atoms with van der Waals surface area (Å²) in [6, 6.07) is 13.3. The molecule has 0 aliphatic carbocycles. The largest absolute Gasteiger partial charge is 0.479 e. The Morgan fingerprint density at radius 3 is 2.48 bits per heavy atom. The molecule has 0 aliphatic heterocycles. The zero-order valence-electron chi connectivity index (χ0n) is 12.2. The molecule has 0 aromatic heterocycles. The van der Waals surface area contributed by atoms with Gasteiger partial charge in [0.1, 0.15) is 0 Å². The van der Waals surface area contributed by atoms with Crippen LogP contribution in [-0.4, -0.2) is 28.9 Å². The number of hydrogen-bond acceptors (Lipinski definition) is 2. The highest BCUT2D eigenvalue weighted by Crippen LogP contribution is 2.30. The van der Waals surface area contributed by atoms with Gasteiger partial charge in [0.2, 0.25) is 6.41 Å². The monoisotopic (exact) mass is 285 g/mol. The first-order valence-corrected chi connectivity index (χ1v) is 6.98. The molecular weight excluding hydrogens is 266 g/mol. The minimum absolute atomic E-state index is 0.402. The molecule has 1 atom stereocenters. The van der Waals surface area contributed by atoms with Gasteiger partial charge in [-0.05, 0) is 35.7 Å². The molecule has 0 fully saturated rings. The highest BCUT2D eigenvalue weighted by atomic mass is 16.4. The summed E-state index contributed by atoms with van der Waals surface area (Å²) in [6.07, 6.45) is 1.32. The van der Waals surface area contributed by atoms with Crippen molar-refractivity contribution in [3.63, 3.8) is 0 Å². The standard InChI is InChI=1S/C17H19NO3/c1-3-10-18(12-19)17(2,16(20)21)15-9-8-13-6-4-5-7-14(13)11-15/h4-9,11-12H,3,10H2,1-2H3,(H,20,21). The van der Waals surface area contributed by atoms with E-state index in [1.807, 2.05) is 43.3 Å². The van der Waals surface area contributed by atoms with E-state index in [0.29, 0.717) is 24.9 Å². The third-order valence-corrected chi connectivity index (χ3v) is 3.89. The maximum atomic E-state index is 11.8. The molecule has 2 aromatic rings. The van der Waals surface area contributed by atoms with Crippen LogP contribution in [0, 0.1) is 0 Å². The average molecular weight is 285 g/mol. The topological polar surface area (TPSA) is 57.6 Å². The van der Waals surface area contributed by atoms with Gasteiger partial charge >= 0.3 is 5.97 Å².